The van der Waals surface area contributed by atoms with Gasteiger partial charge in [-0.15, -0.1) is 0 Å². The first-order chi connectivity index (χ1) is 7.74. The summed E-state index contributed by atoms with van der Waals surface area (Å²) in [6, 6.07) is 0. The SMILES string of the molecule is CCCC(C)CC(=O)C1CCCCCCC1. The van der Waals surface area contributed by atoms with E-state index in [9.17, 15) is 4.79 Å². The Morgan fingerprint density at radius 3 is 2.25 bits per heavy atom. The highest BCUT2D eigenvalue weighted by molar-refractivity contribution is 5.81. The van der Waals surface area contributed by atoms with E-state index < -0.39 is 0 Å². The fourth-order valence-electron chi connectivity index (χ4n) is 2.88. The Balaban J connectivity index is 2.32. The summed E-state index contributed by atoms with van der Waals surface area (Å²) >= 11 is 0. The molecule has 0 saturated heterocycles. The number of carbonyl (C=O) groups excluding carboxylic acids is 1. The smallest absolute Gasteiger partial charge is 0.136 e. The molecule has 0 aromatic rings. The van der Waals surface area contributed by atoms with Crippen LogP contribution < -0.4 is 0 Å². The summed E-state index contributed by atoms with van der Waals surface area (Å²) in [5, 5.41) is 0. The minimum Gasteiger partial charge on any atom is -0.299 e. The first kappa shape index (κ1) is 13.7. The third kappa shape index (κ3) is 5.14. The Hall–Kier alpha value is -0.330. The first-order valence-electron chi connectivity index (χ1n) is 7.26. The summed E-state index contributed by atoms with van der Waals surface area (Å²) < 4.78 is 0. The Morgan fingerprint density at radius 1 is 1.12 bits per heavy atom. The van der Waals surface area contributed by atoms with E-state index in [1.54, 1.807) is 0 Å². The third-order valence-corrected chi connectivity index (χ3v) is 3.89. The molecule has 0 aromatic carbocycles. The van der Waals surface area contributed by atoms with Gasteiger partial charge < -0.3 is 0 Å². The van der Waals surface area contributed by atoms with E-state index >= 15 is 0 Å². The Bertz CT molecular complexity index is 190. The molecule has 16 heavy (non-hydrogen) atoms. The third-order valence-electron chi connectivity index (χ3n) is 3.89. The van der Waals surface area contributed by atoms with Crippen LogP contribution in [0.25, 0.3) is 0 Å². The van der Waals surface area contributed by atoms with Gasteiger partial charge >= 0.3 is 0 Å². The van der Waals surface area contributed by atoms with Crippen LogP contribution in [0.1, 0.15) is 78.1 Å². The molecule has 94 valence electrons. The molecule has 1 saturated carbocycles. The van der Waals surface area contributed by atoms with Crippen molar-refractivity contribution in [2.75, 3.05) is 0 Å². The summed E-state index contributed by atoms with van der Waals surface area (Å²) in [7, 11) is 0. The molecule has 0 N–H and O–H groups in total. The molecule has 1 aliphatic rings. The summed E-state index contributed by atoms with van der Waals surface area (Å²) in [4.78, 5) is 12.1. The highest BCUT2D eigenvalue weighted by atomic mass is 16.1. The van der Waals surface area contributed by atoms with E-state index in [1.165, 1.54) is 44.9 Å². The monoisotopic (exact) mass is 224 g/mol. The zero-order valence-corrected chi connectivity index (χ0v) is 11.1. The molecule has 0 aromatic heterocycles. The van der Waals surface area contributed by atoms with Gasteiger partial charge in [0.25, 0.3) is 0 Å². The minimum atomic E-state index is 0.402. The Labute approximate surface area is 101 Å². The van der Waals surface area contributed by atoms with Crippen LogP contribution in [-0.2, 0) is 4.79 Å². The Kier molecular flexibility index (Phi) is 6.75. The van der Waals surface area contributed by atoms with E-state index in [4.69, 9.17) is 0 Å². The van der Waals surface area contributed by atoms with Crippen LogP contribution >= 0.6 is 0 Å². The van der Waals surface area contributed by atoms with Gasteiger partial charge in [-0.05, 0) is 18.8 Å². The second-order valence-electron chi connectivity index (χ2n) is 5.61. The van der Waals surface area contributed by atoms with Crippen molar-refractivity contribution in [1.82, 2.24) is 0 Å². The lowest BCUT2D eigenvalue weighted by atomic mass is 9.84. The molecule has 0 radical (unpaired) electrons. The van der Waals surface area contributed by atoms with E-state index in [-0.39, 0.29) is 0 Å². The van der Waals surface area contributed by atoms with Crippen LogP contribution in [0.2, 0.25) is 0 Å². The van der Waals surface area contributed by atoms with Crippen molar-refractivity contribution >= 4 is 5.78 Å². The number of carbonyl (C=O) groups is 1. The van der Waals surface area contributed by atoms with Gasteiger partial charge in [-0.1, -0.05) is 58.8 Å². The maximum Gasteiger partial charge on any atom is 0.136 e. The van der Waals surface area contributed by atoms with Crippen LogP contribution in [0.4, 0.5) is 0 Å². The highest BCUT2D eigenvalue weighted by Gasteiger charge is 2.20. The van der Waals surface area contributed by atoms with Crippen molar-refractivity contribution in [3.05, 3.63) is 0 Å². The second kappa shape index (κ2) is 7.86. The molecule has 1 rings (SSSR count). The predicted molar refractivity (Wildman–Crippen MR) is 69.5 cm³/mol. The lowest BCUT2D eigenvalue weighted by Gasteiger charge is -2.20. The number of rotatable bonds is 5. The molecule has 1 nitrogen and oxygen atoms in total. The van der Waals surface area contributed by atoms with Crippen LogP contribution in [-0.4, -0.2) is 5.78 Å². The van der Waals surface area contributed by atoms with Gasteiger partial charge in [-0.3, -0.25) is 4.79 Å². The van der Waals surface area contributed by atoms with Gasteiger partial charge in [0.15, 0.2) is 0 Å². The van der Waals surface area contributed by atoms with Gasteiger partial charge in [0, 0.05) is 12.3 Å². The molecule has 1 aliphatic carbocycles. The number of hydrogen-bond donors (Lipinski definition) is 0. The molecule has 0 bridgehead atoms. The van der Waals surface area contributed by atoms with Crippen molar-refractivity contribution in [1.29, 1.82) is 0 Å². The summed E-state index contributed by atoms with van der Waals surface area (Å²) in [5.41, 5.74) is 0. The lowest BCUT2D eigenvalue weighted by molar-refractivity contribution is -0.124. The van der Waals surface area contributed by atoms with Crippen LogP contribution in [0.3, 0.4) is 0 Å². The van der Waals surface area contributed by atoms with Gasteiger partial charge in [-0.25, -0.2) is 0 Å². The van der Waals surface area contributed by atoms with Crippen molar-refractivity contribution < 1.29 is 4.79 Å². The van der Waals surface area contributed by atoms with Crippen molar-refractivity contribution in [3.63, 3.8) is 0 Å². The number of hydrogen-bond acceptors (Lipinski definition) is 1. The van der Waals surface area contributed by atoms with Gasteiger partial charge in [-0.2, -0.15) is 0 Å². The molecular weight excluding hydrogens is 196 g/mol. The predicted octanol–water partition coefficient (Wildman–Crippen LogP) is 4.74. The number of ketones is 1. The molecule has 1 unspecified atom stereocenters. The average Bonchev–Trinajstić information content (AvgIpc) is 2.16. The average molecular weight is 224 g/mol. The van der Waals surface area contributed by atoms with Crippen molar-refractivity contribution in [2.45, 2.75) is 78.1 Å². The lowest BCUT2D eigenvalue weighted by Crippen LogP contribution is -2.18. The van der Waals surface area contributed by atoms with Gasteiger partial charge in [0.1, 0.15) is 5.78 Å². The van der Waals surface area contributed by atoms with Crippen LogP contribution in [0.5, 0.6) is 0 Å². The number of Topliss-reactive ketones (excluding diaryl/α,β-unsaturated/α-hetero) is 1. The zero-order chi connectivity index (χ0) is 11.8. The van der Waals surface area contributed by atoms with Crippen molar-refractivity contribution in [2.24, 2.45) is 11.8 Å². The van der Waals surface area contributed by atoms with Crippen molar-refractivity contribution in [3.8, 4) is 0 Å². The minimum absolute atomic E-state index is 0.402. The topological polar surface area (TPSA) is 17.1 Å². The summed E-state index contributed by atoms with van der Waals surface area (Å²) in [6.07, 6.45) is 12.2. The second-order valence-corrected chi connectivity index (χ2v) is 5.61. The normalized spacial score (nSPS) is 21.1. The Morgan fingerprint density at radius 2 is 1.69 bits per heavy atom. The summed E-state index contributed by atoms with van der Waals surface area (Å²) in [6.45, 7) is 4.43. The largest absolute Gasteiger partial charge is 0.299 e. The van der Waals surface area contributed by atoms with E-state index in [2.05, 4.69) is 13.8 Å². The highest BCUT2D eigenvalue weighted by Crippen LogP contribution is 2.25. The molecule has 0 amide bonds. The van der Waals surface area contributed by atoms with E-state index in [1.807, 2.05) is 0 Å². The standard InChI is InChI=1S/C15H28O/c1-3-9-13(2)12-15(16)14-10-7-5-4-6-8-11-14/h13-14H,3-12H2,1-2H3. The summed E-state index contributed by atoms with van der Waals surface area (Å²) in [5.74, 6) is 1.56. The maximum absolute atomic E-state index is 12.1. The fraction of sp³-hybridized carbons (Fsp3) is 0.933. The fourth-order valence-corrected chi connectivity index (χ4v) is 2.88. The molecule has 1 heteroatoms. The first-order valence-corrected chi connectivity index (χ1v) is 7.26. The van der Waals surface area contributed by atoms with Gasteiger partial charge in [0.05, 0.1) is 0 Å². The van der Waals surface area contributed by atoms with E-state index in [0.29, 0.717) is 17.6 Å². The quantitative estimate of drug-likeness (QED) is 0.659. The zero-order valence-electron chi connectivity index (χ0n) is 11.1. The molecular formula is C15H28O. The maximum atomic E-state index is 12.1. The van der Waals surface area contributed by atoms with Crippen LogP contribution in [0, 0.1) is 11.8 Å². The van der Waals surface area contributed by atoms with Crippen LogP contribution in [0.15, 0.2) is 0 Å². The van der Waals surface area contributed by atoms with E-state index in [0.717, 1.165) is 19.3 Å². The molecule has 1 atom stereocenters. The molecule has 1 fully saturated rings. The van der Waals surface area contributed by atoms with Gasteiger partial charge in [0.2, 0.25) is 0 Å². The molecule has 0 spiro atoms. The molecule has 0 heterocycles. The molecule has 0 aliphatic heterocycles.